The number of nitrogens with zero attached hydrogens (tertiary/aromatic N) is 1. The summed E-state index contributed by atoms with van der Waals surface area (Å²) in [6.45, 7) is 0.238. The Morgan fingerprint density at radius 1 is 1.17 bits per heavy atom. The molecule has 0 fully saturated rings. The van der Waals surface area contributed by atoms with Gasteiger partial charge in [0.15, 0.2) is 6.61 Å². The molecule has 7 heteroatoms. The zero-order valence-electron chi connectivity index (χ0n) is 12.6. The maximum absolute atomic E-state index is 12.1. The predicted molar refractivity (Wildman–Crippen MR) is 94.0 cm³/mol. The first-order valence-corrected chi connectivity index (χ1v) is 8.06. The molecule has 2 aromatic carbocycles. The monoisotopic (exact) mass is 364 g/mol. The number of halogens is 2. The van der Waals surface area contributed by atoms with Crippen LogP contribution in [0.1, 0.15) is 6.42 Å². The Balaban J connectivity index is 1.65. The smallest absolute Gasteiger partial charge is 0.265 e. The molecule has 0 bridgehead atoms. The molecule has 2 amide bonds. The third-order valence-electron chi connectivity index (χ3n) is 3.52. The summed E-state index contributed by atoms with van der Waals surface area (Å²) in [7, 11) is 0. The van der Waals surface area contributed by atoms with Crippen molar-refractivity contribution in [1.82, 2.24) is 0 Å². The molecule has 0 aliphatic carbocycles. The summed E-state index contributed by atoms with van der Waals surface area (Å²) in [4.78, 5) is 25.7. The first-order valence-electron chi connectivity index (χ1n) is 7.31. The molecule has 1 aliphatic rings. The van der Waals surface area contributed by atoms with Crippen molar-refractivity contribution >= 4 is 46.4 Å². The lowest BCUT2D eigenvalue weighted by atomic mass is 10.2. The highest BCUT2D eigenvalue weighted by Crippen LogP contribution is 2.31. The number of carbonyl (C=O) groups is 2. The van der Waals surface area contributed by atoms with E-state index < -0.39 is 0 Å². The molecule has 0 spiro atoms. The number of hydrogen-bond acceptors (Lipinski definition) is 3. The second-order valence-corrected chi connectivity index (χ2v) is 6.13. The number of para-hydroxylation sites is 2. The van der Waals surface area contributed by atoms with Crippen LogP contribution in [0.3, 0.4) is 0 Å². The Morgan fingerprint density at radius 2 is 1.88 bits per heavy atom. The third-order valence-corrected chi connectivity index (χ3v) is 3.95. The lowest BCUT2D eigenvalue weighted by molar-refractivity contribution is -0.121. The maximum Gasteiger partial charge on any atom is 0.265 e. The number of ether oxygens (including phenoxy) is 1. The third kappa shape index (κ3) is 3.80. The van der Waals surface area contributed by atoms with E-state index in [9.17, 15) is 9.59 Å². The molecule has 124 valence electrons. The summed E-state index contributed by atoms with van der Waals surface area (Å²) in [6.07, 6.45) is 0.143. The molecule has 1 heterocycles. The van der Waals surface area contributed by atoms with Crippen molar-refractivity contribution in [1.29, 1.82) is 0 Å². The van der Waals surface area contributed by atoms with Gasteiger partial charge in [-0.25, -0.2) is 0 Å². The van der Waals surface area contributed by atoms with E-state index in [4.69, 9.17) is 27.9 Å². The highest BCUT2D eigenvalue weighted by molar-refractivity contribution is 6.35. The van der Waals surface area contributed by atoms with E-state index in [-0.39, 0.29) is 31.4 Å². The van der Waals surface area contributed by atoms with Crippen molar-refractivity contribution in [2.24, 2.45) is 0 Å². The van der Waals surface area contributed by atoms with Gasteiger partial charge in [0.2, 0.25) is 5.91 Å². The summed E-state index contributed by atoms with van der Waals surface area (Å²) in [5, 5.41) is 3.60. The van der Waals surface area contributed by atoms with Gasteiger partial charge < -0.3 is 15.0 Å². The molecule has 0 saturated heterocycles. The molecule has 1 aliphatic heterocycles. The van der Waals surface area contributed by atoms with Crippen molar-refractivity contribution in [2.45, 2.75) is 6.42 Å². The summed E-state index contributed by atoms with van der Waals surface area (Å²) in [5.41, 5.74) is 1.19. The number of rotatable bonds is 4. The van der Waals surface area contributed by atoms with Crippen LogP contribution in [-0.4, -0.2) is 25.0 Å². The standard InChI is InChI=1S/C17H14Cl2N2O3/c18-11-7-12(19)9-13(8-11)20-16(22)5-6-21-14-3-1-2-4-15(14)24-10-17(21)23/h1-4,7-9H,5-6,10H2,(H,20,22). The van der Waals surface area contributed by atoms with E-state index in [1.165, 1.54) is 0 Å². The first kappa shape index (κ1) is 16.6. The Kier molecular flexibility index (Phi) is 4.92. The number of benzene rings is 2. The van der Waals surface area contributed by atoms with Crippen molar-refractivity contribution in [3.8, 4) is 5.75 Å². The van der Waals surface area contributed by atoms with Crippen LogP contribution in [0, 0.1) is 0 Å². The molecular weight excluding hydrogens is 351 g/mol. The largest absolute Gasteiger partial charge is 0.482 e. The minimum absolute atomic E-state index is 0.0253. The highest BCUT2D eigenvalue weighted by Gasteiger charge is 2.25. The van der Waals surface area contributed by atoms with E-state index in [0.717, 1.165) is 0 Å². The van der Waals surface area contributed by atoms with Crippen LogP contribution in [0.2, 0.25) is 10.0 Å². The molecule has 0 radical (unpaired) electrons. The maximum atomic E-state index is 12.1. The van der Waals surface area contributed by atoms with Crippen LogP contribution in [0.15, 0.2) is 42.5 Å². The quantitative estimate of drug-likeness (QED) is 0.898. The summed E-state index contributed by atoms with van der Waals surface area (Å²) in [5.74, 6) is 0.233. The Bertz CT molecular complexity index is 775. The molecule has 1 N–H and O–H groups in total. The summed E-state index contributed by atoms with van der Waals surface area (Å²) < 4.78 is 5.37. The van der Waals surface area contributed by atoms with Gasteiger partial charge in [-0.05, 0) is 30.3 Å². The average Bonchev–Trinajstić information content (AvgIpc) is 2.53. The number of amides is 2. The van der Waals surface area contributed by atoms with Crippen molar-refractivity contribution in [2.75, 3.05) is 23.4 Å². The highest BCUT2D eigenvalue weighted by atomic mass is 35.5. The number of fused-ring (bicyclic) bond motifs is 1. The number of nitrogens with one attached hydrogen (secondary N) is 1. The van der Waals surface area contributed by atoms with Crippen LogP contribution < -0.4 is 15.0 Å². The molecule has 5 nitrogen and oxygen atoms in total. The Morgan fingerprint density at radius 3 is 2.62 bits per heavy atom. The number of hydrogen-bond donors (Lipinski definition) is 1. The normalized spacial score (nSPS) is 13.2. The lowest BCUT2D eigenvalue weighted by Crippen LogP contribution is -2.40. The fourth-order valence-electron chi connectivity index (χ4n) is 2.46. The number of carbonyl (C=O) groups excluding carboxylic acids is 2. The molecular formula is C17H14Cl2N2O3. The van der Waals surface area contributed by atoms with E-state index in [1.54, 1.807) is 35.2 Å². The average molecular weight is 365 g/mol. The minimum atomic E-state index is -0.231. The first-order chi connectivity index (χ1) is 11.5. The van der Waals surface area contributed by atoms with Crippen LogP contribution in [0.4, 0.5) is 11.4 Å². The van der Waals surface area contributed by atoms with E-state index in [0.29, 0.717) is 27.2 Å². The van der Waals surface area contributed by atoms with Gasteiger partial charge in [-0.1, -0.05) is 35.3 Å². The van der Waals surface area contributed by atoms with Crippen LogP contribution in [0.25, 0.3) is 0 Å². The van der Waals surface area contributed by atoms with E-state index in [1.807, 2.05) is 12.1 Å². The van der Waals surface area contributed by atoms with Gasteiger partial charge in [0.25, 0.3) is 5.91 Å². The van der Waals surface area contributed by atoms with Crippen LogP contribution in [-0.2, 0) is 9.59 Å². The van der Waals surface area contributed by atoms with Crippen LogP contribution >= 0.6 is 23.2 Å². The second kappa shape index (κ2) is 7.11. The molecule has 0 unspecified atom stereocenters. The van der Waals surface area contributed by atoms with E-state index in [2.05, 4.69) is 5.32 Å². The molecule has 0 saturated carbocycles. The molecule has 24 heavy (non-hydrogen) atoms. The van der Waals surface area contributed by atoms with Crippen molar-refractivity contribution in [3.63, 3.8) is 0 Å². The van der Waals surface area contributed by atoms with Gasteiger partial charge in [-0.15, -0.1) is 0 Å². The second-order valence-electron chi connectivity index (χ2n) is 5.26. The molecule has 2 aromatic rings. The van der Waals surface area contributed by atoms with Crippen LogP contribution in [0.5, 0.6) is 5.75 Å². The fourth-order valence-corrected chi connectivity index (χ4v) is 2.99. The lowest BCUT2D eigenvalue weighted by Gasteiger charge is -2.29. The Hall–Kier alpha value is -2.24. The minimum Gasteiger partial charge on any atom is -0.482 e. The van der Waals surface area contributed by atoms with Gasteiger partial charge in [0, 0.05) is 28.7 Å². The summed E-state index contributed by atoms with van der Waals surface area (Å²) in [6, 6.07) is 12.1. The van der Waals surface area contributed by atoms with Gasteiger partial charge in [-0.2, -0.15) is 0 Å². The molecule has 0 aromatic heterocycles. The van der Waals surface area contributed by atoms with Gasteiger partial charge in [0.1, 0.15) is 5.75 Å². The van der Waals surface area contributed by atoms with E-state index >= 15 is 0 Å². The Labute approximate surface area is 149 Å². The zero-order chi connectivity index (χ0) is 17.1. The molecule has 3 rings (SSSR count). The van der Waals surface area contributed by atoms with Gasteiger partial charge >= 0.3 is 0 Å². The number of anilines is 2. The zero-order valence-corrected chi connectivity index (χ0v) is 14.1. The van der Waals surface area contributed by atoms with Crippen molar-refractivity contribution < 1.29 is 14.3 Å². The van der Waals surface area contributed by atoms with Gasteiger partial charge in [0.05, 0.1) is 5.69 Å². The molecule has 0 atom stereocenters. The SMILES string of the molecule is O=C(CCN1C(=O)COc2ccccc21)Nc1cc(Cl)cc(Cl)c1. The predicted octanol–water partition coefficient (Wildman–Crippen LogP) is 3.75. The fraction of sp³-hybridized carbons (Fsp3) is 0.176. The van der Waals surface area contributed by atoms with Crippen molar-refractivity contribution in [3.05, 3.63) is 52.5 Å². The van der Waals surface area contributed by atoms with Gasteiger partial charge in [-0.3, -0.25) is 9.59 Å². The topological polar surface area (TPSA) is 58.6 Å². The summed E-state index contributed by atoms with van der Waals surface area (Å²) >= 11 is 11.8.